The molecule has 0 aromatic carbocycles. The molecule has 2 rings (SSSR count). The highest BCUT2D eigenvalue weighted by atomic mass is 16.2. The molecule has 0 bridgehead atoms. The third kappa shape index (κ3) is 3.05. The maximum Gasteiger partial charge on any atom is 0.240 e. The van der Waals surface area contributed by atoms with Crippen molar-refractivity contribution < 1.29 is 4.79 Å². The Hall–Kier alpha value is -2.16. The van der Waals surface area contributed by atoms with Crippen molar-refractivity contribution in [3.05, 3.63) is 18.5 Å². The average molecular weight is 273 g/mol. The molecule has 1 fully saturated rings. The summed E-state index contributed by atoms with van der Waals surface area (Å²) in [6.07, 6.45) is 3.43. The van der Waals surface area contributed by atoms with Crippen LogP contribution in [0.3, 0.4) is 0 Å². The molecule has 0 saturated carbocycles. The molecule has 2 heterocycles. The van der Waals surface area contributed by atoms with Gasteiger partial charge < -0.3 is 9.80 Å². The summed E-state index contributed by atoms with van der Waals surface area (Å²) >= 11 is 0. The SMILES string of the molecule is CC(C)C(C#N)C(=O)N1CCN(c2ncccn2)CC1. The van der Waals surface area contributed by atoms with E-state index in [0.717, 1.165) is 0 Å². The number of nitriles is 1. The number of anilines is 1. The van der Waals surface area contributed by atoms with Gasteiger partial charge in [-0.2, -0.15) is 5.26 Å². The van der Waals surface area contributed by atoms with Gasteiger partial charge in [0.05, 0.1) is 6.07 Å². The second-order valence-electron chi connectivity index (χ2n) is 5.21. The molecule has 1 atom stereocenters. The van der Waals surface area contributed by atoms with Crippen LogP contribution in [0.4, 0.5) is 5.95 Å². The highest BCUT2D eigenvalue weighted by Gasteiger charge is 2.29. The minimum Gasteiger partial charge on any atom is -0.338 e. The van der Waals surface area contributed by atoms with Gasteiger partial charge in [0.15, 0.2) is 0 Å². The third-order valence-electron chi connectivity index (χ3n) is 3.50. The zero-order valence-corrected chi connectivity index (χ0v) is 11.9. The van der Waals surface area contributed by atoms with Crippen LogP contribution in [0.5, 0.6) is 0 Å². The van der Waals surface area contributed by atoms with Gasteiger partial charge in [-0.1, -0.05) is 13.8 Å². The highest BCUT2D eigenvalue weighted by Crippen LogP contribution is 2.16. The van der Waals surface area contributed by atoms with Crippen molar-refractivity contribution in [1.29, 1.82) is 5.26 Å². The van der Waals surface area contributed by atoms with E-state index >= 15 is 0 Å². The second-order valence-corrected chi connectivity index (χ2v) is 5.21. The van der Waals surface area contributed by atoms with Gasteiger partial charge in [0.1, 0.15) is 5.92 Å². The van der Waals surface area contributed by atoms with Gasteiger partial charge in [-0.3, -0.25) is 4.79 Å². The first-order chi connectivity index (χ1) is 9.63. The predicted octanol–water partition coefficient (Wildman–Crippen LogP) is 0.921. The predicted molar refractivity (Wildman–Crippen MR) is 74.8 cm³/mol. The zero-order valence-electron chi connectivity index (χ0n) is 11.9. The van der Waals surface area contributed by atoms with Crippen molar-refractivity contribution in [3.63, 3.8) is 0 Å². The van der Waals surface area contributed by atoms with Gasteiger partial charge in [-0.25, -0.2) is 9.97 Å². The Morgan fingerprint density at radius 1 is 1.25 bits per heavy atom. The van der Waals surface area contributed by atoms with Crippen LogP contribution in [0.2, 0.25) is 0 Å². The lowest BCUT2D eigenvalue weighted by atomic mass is 9.96. The summed E-state index contributed by atoms with van der Waals surface area (Å²) < 4.78 is 0. The van der Waals surface area contributed by atoms with Gasteiger partial charge in [-0.05, 0) is 12.0 Å². The van der Waals surface area contributed by atoms with E-state index in [9.17, 15) is 4.79 Å². The number of carbonyl (C=O) groups is 1. The maximum atomic E-state index is 12.3. The third-order valence-corrected chi connectivity index (χ3v) is 3.50. The molecule has 1 aromatic heterocycles. The Bertz CT molecular complexity index is 488. The van der Waals surface area contributed by atoms with E-state index in [-0.39, 0.29) is 11.8 Å². The van der Waals surface area contributed by atoms with Gasteiger partial charge >= 0.3 is 0 Å². The van der Waals surface area contributed by atoms with Crippen LogP contribution in [-0.2, 0) is 4.79 Å². The minimum absolute atomic E-state index is 0.0444. The molecule has 0 aliphatic carbocycles. The summed E-state index contributed by atoms with van der Waals surface area (Å²) in [4.78, 5) is 24.5. The molecule has 0 spiro atoms. The number of piperazine rings is 1. The quantitative estimate of drug-likeness (QED) is 0.819. The molecule has 20 heavy (non-hydrogen) atoms. The fourth-order valence-electron chi connectivity index (χ4n) is 2.27. The van der Waals surface area contributed by atoms with Gasteiger partial charge in [-0.15, -0.1) is 0 Å². The van der Waals surface area contributed by atoms with E-state index in [1.165, 1.54) is 0 Å². The lowest BCUT2D eigenvalue weighted by Gasteiger charge is -2.35. The topological polar surface area (TPSA) is 73.1 Å². The smallest absolute Gasteiger partial charge is 0.240 e. The average Bonchev–Trinajstić information content (AvgIpc) is 2.48. The molecule has 1 aliphatic heterocycles. The number of amides is 1. The lowest BCUT2D eigenvalue weighted by molar-refractivity contribution is -0.135. The number of nitrogens with zero attached hydrogens (tertiary/aromatic N) is 5. The number of hydrogen-bond donors (Lipinski definition) is 0. The van der Waals surface area contributed by atoms with Crippen LogP contribution in [-0.4, -0.2) is 47.0 Å². The van der Waals surface area contributed by atoms with Crippen molar-refractivity contribution in [2.45, 2.75) is 13.8 Å². The Kier molecular flexibility index (Phi) is 4.51. The summed E-state index contributed by atoms with van der Waals surface area (Å²) in [5.41, 5.74) is 0. The number of carbonyl (C=O) groups excluding carboxylic acids is 1. The first-order valence-electron chi connectivity index (χ1n) is 6.84. The molecule has 0 N–H and O–H groups in total. The van der Waals surface area contributed by atoms with E-state index in [1.54, 1.807) is 23.4 Å². The summed E-state index contributed by atoms with van der Waals surface area (Å²) in [7, 11) is 0. The van der Waals surface area contributed by atoms with Crippen molar-refractivity contribution in [2.75, 3.05) is 31.1 Å². The van der Waals surface area contributed by atoms with E-state index in [2.05, 4.69) is 20.9 Å². The first kappa shape index (κ1) is 14.3. The Morgan fingerprint density at radius 3 is 2.35 bits per heavy atom. The molecule has 1 aliphatic rings. The minimum atomic E-state index is -0.547. The van der Waals surface area contributed by atoms with E-state index < -0.39 is 5.92 Å². The molecule has 1 aromatic rings. The molecule has 0 radical (unpaired) electrons. The van der Waals surface area contributed by atoms with Crippen LogP contribution in [0.1, 0.15) is 13.8 Å². The zero-order chi connectivity index (χ0) is 14.5. The standard InChI is InChI=1S/C14H19N5O/c1-11(2)12(10-15)13(20)18-6-8-19(9-7-18)14-16-4-3-5-17-14/h3-5,11-12H,6-9H2,1-2H3. The van der Waals surface area contributed by atoms with Gasteiger partial charge in [0, 0.05) is 38.6 Å². The number of rotatable bonds is 3. The lowest BCUT2D eigenvalue weighted by Crippen LogP contribution is -2.51. The number of hydrogen-bond acceptors (Lipinski definition) is 5. The summed E-state index contributed by atoms with van der Waals surface area (Å²) in [5.74, 6) is 0.133. The summed E-state index contributed by atoms with van der Waals surface area (Å²) in [6, 6.07) is 3.89. The molecule has 6 nitrogen and oxygen atoms in total. The van der Waals surface area contributed by atoms with Crippen molar-refractivity contribution in [3.8, 4) is 6.07 Å². The first-order valence-corrected chi connectivity index (χ1v) is 6.84. The second kappa shape index (κ2) is 6.33. The Balaban J connectivity index is 1.95. The highest BCUT2D eigenvalue weighted by molar-refractivity contribution is 5.81. The Morgan fingerprint density at radius 2 is 1.85 bits per heavy atom. The Labute approximate surface area is 119 Å². The largest absolute Gasteiger partial charge is 0.338 e. The monoisotopic (exact) mass is 273 g/mol. The van der Waals surface area contributed by atoms with Crippen LogP contribution in [0.15, 0.2) is 18.5 Å². The molecular weight excluding hydrogens is 254 g/mol. The molecular formula is C14H19N5O. The van der Waals surface area contributed by atoms with E-state index in [4.69, 9.17) is 5.26 Å². The normalized spacial score (nSPS) is 16.9. The van der Waals surface area contributed by atoms with Gasteiger partial charge in [0.25, 0.3) is 0 Å². The van der Waals surface area contributed by atoms with Gasteiger partial charge in [0.2, 0.25) is 11.9 Å². The van der Waals surface area contributed by atoms with Crippen LogP contribution >= 0.6 is 0 Å². The summed E-state index contributed by atoms with van der Waals surface area (Å²) in [6.45, 7) is 6.43. The van der Waals surface area contributed by atoms with Crippen molar-refractivity contribution in [1.82, 2.24) is 14.9 Å². The van der Waals surface area contributed by atoms with Crippen LogP contribution in [0.25, 0.3) is 0 Å². The van der Waals surface area contributed by atoms with Crippen LogP contribution < -0.4 is 4.90 Å². The van der Waals surface area contributed by atoms with E-state index in [0.29, 0.717) is 32.1 Å². The fraction of sp³-hybridized carbons (Fsp3) is 0.571. The summed E-state index contributed by atoms with van der Waals surface area (Å²) in [5, 5.41) is 9.10. The maximum absolute atomic E-state index is 12.3. The van der Waals surface area contributed by atoms with E-state index in [1.807, 2.05) is 13.8 Å². The molecule has 1 unspecified atom stereocenters. The van der Waals surface area contributed by atoms with Crippen molar-refractivity contribution >= 4 is 11.9 Å². The fourth-order valence-corrected chi connectivity index (χ4v) is 2.27. The van der Waals surface area contributed by atoms with Crippen molar-refractivity contribution in [2.24, 2.45) is 11.8 Å². The molecule has 1 amide bonds. The molecule has 106 valence electrons. The number of aromatic nitrogens is 2. The molecule has 1 saturated heterocycles. The van der Waals surface area contributed by atoms with Crippen LogP contribution in [0, 0.1) is 23.2 Å². The molecule has 6 heteroatoms.